The Balaban J connectivity index is 1.69. The maximum Gasteiger partial charge on any atom is 0.187 e. The van der Waals surface area contributed by atoms with Crippen LogP contribution in [0.1, 0.15) is 60.4 Å². The molecular formula is C23H27FN4O3S. The second-order valence-corrected chi connectivity index (χ2v) is 11.6. The Hall–Kier alpha value is -2.68. The fraction of sp³-hybridized carbons (Fsp3) is 0.478. The highest BCUT2D eigenvalue weighted by Gasteiger charge is 2.57. The zero-order valence-corrected chi connectivity index (χ0v) is 19.2. The monoisotopic (exact) mass is 458 g/mol. The van der Waals surface area contributed by atoms with Crippen LogP contribution in [0, 0.1) is 18.7 Å². The first-order valence-electron chi connectivity index (χ1n) is 10.6. The van der Waals surface area contributed by atoms with Crippen LogP contribution >= 0.6 is 0 Å². The Morgan fingerprint density at radius 3 is 2.50 bits per heavy atom. The molecule has 2 atom stereocenters. The summed E-state index contributed by atoms with van der Waals surface area (Å²) in [6.45, 7) is 4.99. The van der Waals surface area contributed by atoms with Crippen molar-refractivity contribution in [2.75, 3.05) is 5.75 Å². The molecule has 0 amide bonds. The number of benzene rings is 1. The molecule has 0 radical (unpaired) electrons. The fourth-order valence-electron chi connectivity index (χ4n) is 4.56. The number of aliphatic imine (C=N–C) groups is 1. The van der Waals surface area contributed by atoms with Gasteiger partial charge in [0.15, 0.2) is 15.6 Å². The lowest BCUT2D eigenvalue weighted by molar-refractivity contribution is 0.0987. The molecule has 1 aliphatic carbocycles. The minimum Gasteiger partial charge on any atom is -0.386 e. The number of nitrogens with zero attached hydrogens (tertiary/aromatic N) is 3. The van der Waals surface area contributed by atoms with Gasteiger partial charge in [-0.1, -0.05) is 12.5 Å². The average Bonchev–Trinajstić information content (AvgIpc) is 2.66. The van der Waals surface area contributed by atoms with Gasteiger partial charge >= 0.3 is 0 Å². The third-order valence-electron chi connectivity index (χ3n) is 6.92. The summed E-state index contributed by atoms with van der Waals surface area (Å²) >= 11 is 0. The number of Topliss-reactive ketones (excluding diaryl/α,β-unsaturated/α-hetero) is 1. The van der Waals surface area contributed by atoms with E-state index in [1.165, 1.54) is 30.6 Å². The summed E-state index contributed by atoms with van der Waals surface area (Å²) < 4.78 is 40.4. The second kappa shape index (κ2) is 7.72. The number of nitrogens with two attached hydrogens (primary N) is 1. The average molecular weight is 459 g/mol. The summed E-state index contributed by atoms with van der Waals surface area (Å²) in [6, 6.07) is 4.25. The lowest BCUT2D eigenvalue weighted by atomic mass is 9.75. The van der Waals surface area contributed by atoms with E-state index >= 15 is 0 Å². The number of sulfone groups is 1. The number of carbonyl (C=O) groups excluding carboxylic acids is 1. The predicted octanol–water partition coefficient (Wildman–Crippen LogP) is 2.91. The van der Waals surface area contributed by atoms with E-state index in [4.69, 9.17) is 5.73 Å². The Bertz CT molecular complexity index is 1210. The largest absolute Gasteiger partial charge is 0.386 e. The van der Waals surface area contributed by atoms with E-state index in [9.17, 15) is 17.6 Å². The van der Waals surface area contributed by atoms with Crippen LogP contribution < -0.4 is 5.73 Å². The molecule has 9 heteroatoms. The van der Waals surface area contributed by atoms with E-state index in [1.807, 2.05) is 0 Å². The highest BCUT2D eigenvalue weighted by molar-refractivity contribution is 7.93. The summed E-state index contributed by atoms with van der Waals surface area (Å²) in [5, 5.41) is 0. The van der Waals surface area contributed by atoms with Crippen molar-refractivity contribution in [3.8, 4) is 0 Å². The molecule has 2 aromatic rings. The topological polar surface area (TPSA) is 115 Å². The van der Waals surface area contributed by atoms with Gasteiger partial charge in [0.2, 0.25) is 0 Å². The number of amidine groups is 1. The maximum absolute atomic E-state index is 14.9. The van der Waals surface area contributed by atoms with Gasteiger partial charge in [-0.2, -0.15) is 0 Å². The van der Waals surface area contributed by atoms with Crippen molar-refractivity contribution in [2.24, 2.45) is 16.6 Å². The van der Waals surface area contributed by atoms with E-state index in [1.54, 1.807) is 20.8 Å². The molecule has 0 unspecified atom stereocenters. The van der Waals surface area contributed by atoms with Crippen molar-refractivity contribution in [1.82, 2.24) is 9.97 Å². The van der Waals surface area contributed by atoms with Crippen molar-refractivity contribution in [2.45, 2.75) is 56.7 Å². The fourth-order valence-corrected chi connectivity index (χ4v) is 6.92. The normalized spacial score (nSPS) is 27.4. The number of carbonyl (C=O) groups is 1. The van der Waals surface area contributed by atoms with Crippen LogP contribution in [0.5, 0.6) is 0 Å². The highest BCUT2D eigenvalue weighted by atomic mass is 32.2. The molecule has 0 saturated heterocycles. The van der Waals surface area contributed by atoms with Gasteiger partial charge in [-0.15, -0.1) is 0 Å². The van der Waals surface area contributed by atoms with Crippen molar-refractivity contribution in [3.63, 3.8) is 0 Å². The molecule has 2 aliphatic rings. The summed E-state index contributed by atoms with van der Waals surface area (Å²) in [6.07, 6.45) is 5.44. The zero-order chi connectivity index (χ0) is 23.3. The first kappa shape index (κ1) is 22.5. The van der Waals surface area contributed by atoms with Crippen LogP contribution in [0.4, 0.5) is 4.39 Å². The van der Waals surface area contributed by atoms with Crippen LogP contribution in [0.3, 0.4) is 0 Å². The van der Waals surface area contributed by atoms with Gasteiger partial charge in [0.05, 0.1) is 17.6 Å². The minimum absolute atomic E-state index is 0.0210. The van der Waals surface area contributed by atoms with Crippen LogP contribution in [0.25, 0.3) is 0 Å². The van der Waals surface area contributed by atoms with Crippen LogP contribution in [-0.4, -0.2) is 40.5 Å². The first-order chi connectivity index (χ1) is 15.0. The Labute approximate surface area is 187 Å². The van der Waals surface area contributed by atoms with Gasteiger partial charge in [0.1, 0.15) is 27.6 Å². The van der Waals surface area contributed by atoms with Gasteiger partial charge in [0, 0.05) is 18.2 Å². The smallest absolute Gasteiger partial charge is 0.187 e. The van der Waals surface area contributed by atoms with Gasteiger partial charge in [-0.05, 0) is 57.2 Å². The van der Waals surface area contributed by atoms with Crippen molar-refractivity contribution in [3.05, 3.63) is 58.9 Å². The standard InChI is InChI=1S/C23H27FN4O3S/c1-14-11-27-19(12-26-14)20(29)10-15-7-8-18(24)17(9-15)22(2)13-32(30,31)23(3,21(25)28-22)16-5-4-6-16/h7-9,11-12,16H,4-6,10,13H2,1-3H3,(H2,25,28)/t22-,23+/m0/s1. The van der Waals surface area contributed by atoms with Gasteiger partial charge in [0.25, 0.3) is 0 Å². The molecule has 0 spiro atoms. The summed E-state index contributed by atoms with van der Waals surface area (Å²) in [7, 11) is -3.70. The lowest BCUT2D eigenvalue weighted by Crippen LogP contribution is -2.61. The van der Waals surface area contributed by atoms with Crippen LogP contribution in [0.2, 0.25) is 0 Å². The van der Waals surface area contributed by atoms with E-state index in [0.29, 0.717) is 11.3 Å². The van der Waals surface area contributed by atoms with Crippen molar-refractivity contribution < 1.29 is 17.6 Å². The Morgan fingerprint density at radius 1 is 1.22 bits per heavy atom. The number of hydrogen-bond acceptors (Lipinski definition) is 7. The number of aryl methyl sites for hydroxylation is 1. The van der Waals surface area contributed by atoms with Crippen molar-refractivity contribution >= 4 is 21.5 Å². The lowest BCUT2D eigenvalue weighted by Gasteiger charge is -2.46. The molecule has 1 aliphatic heterocycles. The quantitative estimate of drug-likeness (QED) is 0.689. The first-order valence-corrected chi connectivity index (χ1v) is 12.3. The van der Waals surface area contributed by atoms with E-state index in [0.717, 1.165) is 19.3 Å². The van der Waals surface area contributed by atoms with E-state index in [2.05, 4.69) is 15.0 Å². The second-order valence-electron chi connectivity index (χ2n) is 9.22. The molecule has 4 rings (SSSR count). The molecule has 1 aromatic heterocycles. The Kier molecular flexibility index (Phi) is 5.43. The maximum atomic E-state index is 14.9. The zero-order valence-electron chi connectivity index (χ0n) is 18.4. The van der Waals surface area contributed by atoms with Crippen LogP contribution in [-0.2, 0) is 21.8 Å². The third kappa shape index (κ3) is 3.62. The molecule has 2 heterocycles. The molecule has 2 N–H and O–H groups in total. The molecular weight excluding hydrogens is 431 g/mol. The predicted molar refractivity (Wildman–Crippen MR) is 120 cm³/mol. The molecule has 7 nitrogen and oxygen atoms in total. The summed E-state index contributed by atoms with van der Waals surface area (Å²) in [5.74, 6) is -1.22. The van der Waals surface area contributed by atoms with Crippen LogP contribution in [0.15, 0.2) is 35.6 Å². The van der Waals surface area contributed by atoms with Gasteiger partial charge in [-0.25, -0.2) is 17.8 Å². The molecule has 32 heavy (non-hydrogen) atoms. The number of hydrogen-bond donors (Lipinski definition) is 1. The number of rotatable bonds is 5. The molecule has 0 bridgehead atoms. The third-order valence-corrected chi connectivity index (χ3v) is 9.70. The highest BCUT2D eigenvalue weighted by Crippen LogP contribution is 2.47. The summed E-state index contributed by atoms with van der Waals surface area (Å²) in [5.41, 5.74) is 6.43. The number of halogens is 1. The number of aromatic nitrogens is 2. The minimum atomic E-state index is -3.70. The molecule has 1 fully saturated rings. The summed E-state index contributed by atoms with van der Waals surface area (Å²) in [4.78, 5) is 25.3. The van der Waals surface area contributed by atoms with Gasteiger partial charge < -0.3 is 5.73 Å². The Morgan fingerprint density at radius 2 is 1.94 bits per heavy atom. The molecule has 1 aromatic carbocycles. The van der Waals surface area contributed by atoms with E-state index in [-0.39, 0.29) is 41.0 Å². The van der Waals surface area contributed by atoms with Gasteiger partial charge in [-0.3, -0.25) is 14.8 Å². The van der Waals surface area contributed by atoms with Crippen molar-refractivity contribution in [1.29, 1.82) is 0 Å². The SMILES string of the molecule is Cc1cnc(C(=O)Cc2ccc(F)c([C@]3(C)CS(=O)(=O)[C@](C)(C4CCC4)C(N)=N3)c2)cn1. The molecule has 1 saturated carbocycles. The van der Waals surface area contributed by atoms with E-state index < -0.39 is 25.9 Å². The molecule has 170 valence electrons. The number of ketones is 1.